The van der Waals surface area contributed by atoms with Crippen molar-refractivity contribution in [2.45, 2.75) is 39.7 Å². The number of carbonyl (C=O) groups is 3. The van der Waals surface area contributed by atoms with Gasteiger partial charge >= 0.3 is 12.5 Å². The summed E-state index contributed by atoms with van der Waals surface area (Å²) in [6.07, 6.45) is -2.76. The van der Waals surface area contributed by atoms with Gasteiger partial charge in [-0.15, -0.1) is 0 Å². The number of alkyl halides is 2. The van der Waals surface area contributed by atoms with Gasteiger partial charge in [0.15, 0.2) is 5.76 Å². The first kappa shape index (κ1) is 26.1. The van der Waals surface area contributed by atoms with E-state index in [1.54, 1.807) is 13.0 Å². The van der Waals surface area contributed by atoms with Crippen molar-refractivity contribution in [1.82, 2.24) is 5.32 Å². The van der Waals surface area contributed by atoms with E-state index in [0.29, 0.717) is 12.1 Å². The van der Waals surface area contributed by atoms with Gasteiger partial charge in [0.25, 0.3) is 5.91 Å². The normalized spacial score (nSPS) is 20.7. The number of allylic oxidation sites excluding steroid dienone is 4. The van der Waals surface area contributed by atoms with Gasteiger partial charge in [-0.2, -0.15) is 8.78 Å². The van der Waals surface area contributed by atoms with E-state index in [-0.39, 0.29) is 47.8 Å². The molecule has 35 heavy (non-hydrogen) atoms. The molecule has 0 radical (unpaired) electrons. The molecule has 2 aliphatic rings. The molecule has 1 aliphatic heterocycles. The molecule has 0 saturated carbocycles. The first-order valence-electron chi connectivity index (χ1n) is 11.1. The number of amides is 2. The smallest absolute Gasteiger partial charge is 0.414 e. The van der Waals surface area contributed by atoms with Crippen molar-refractivity contribution in [3.05, 3.63) is 47.1 Å². The predicted molar refractivity (Wildman–Crippen MR) is 122 cm³/mol. The summed E-state index contributed by atoms with van der Waals surface area (Å²) in [6, 6.07) is 4.14. The van der Waals surface area contributed by atoms with Crippen molar-refractivity contribution < 1.29 is 37.0 Å². The highest BCUT2D eigenvalue weighted by Gasteiger charge is 2.33. The highest BCUT2D eigenvalue weighted by molar-refractivity contribution is 5.96. The quantitative estimate of drug-likeness (QED) is 0.566. The number of ether oxygens (including phenoxy) is 2. The highest BCUT2D eigenvalue weighted by atomic mass is 19.3. The topological polar surface area (TPSA) is 97.0 Å². The summed E-state index contributed by atoms with van der Waals surface area (Å²) in [5.41, 5.74) is 1.88. The van der Waals surface area contributed by atoms with Crippen LogP contribution in [0, 0.1) is 17.7 Å². The van der Waals surface area contributed by atoms with Gasteiger partial charge in [0.1, 0.15) is 11.9 Å². The third-order valence-electron chi connectivity index (χ3n) is 5.80. The molecule has 0 aromatic heterocycles. The van der Waals surface area contributed by atoms with Crippen molar-refractivity contribution in [2.75, 3.05) is 30.4 Å². The van der Waals surface area contributed by atoms with E-state index in [1.165, 1.54) is 19.2 Å². The summed E-state index contributed by atoms with van der Waals surface area (Å²) in [7, 11) is 1.44. The molecule has 2 atom stereocenters. The van der Waals surface area contributed by atoms with Crippen LogP contribution in [-0.2, 0) is 19.1 Å². The van der Waals surface area contributed by atoms with E-state index in [0.717, 1.165) is 16.5 Å². The number of methoxy groups -OCH3 is 1. The number of cyclic esters (lactones) is 1. The molecule has 1 aliphatic carbocycles. The number of halogens is 3. The number of hydrogen-bond acceptors (Lipinski definition) is 6. The molecular formula is C24H28F3N3O5. The zero-order chi connectivity index (χ0) is 25.9. The second-order valence-corrected chi connectivity index (χ2v) is 8.72. The van der Waals surface area contributed by atoms with Gasteiger partial charge < -0.3 is 20.1 Å². The van der Waals surface area contributed by atoms with Crippen LogP contribution in [0.1, 0.15) is 27.2 Å². The predicted octanol–water partition coefficient (Wildman–Crippen LogP) is 3.99. The van der Waals surface area contributed by atoms with Crippen molar-refractivity contribution in [3.8, 4) is 0 Å². The fourth-order valence-electron chi connectivity index (χ4n) is 3.92. The Kier molecular flexibility index (Phi) is 8.08. The molecular weight excluding hydrogens is 467 g/mol. The second-order valence-electron chi connectivity index (χ2n) is 8.72. The Morgan fingerprint density at radius 3 is 2.60 bits per heavy atom. The summed E-state index contributed by atoms with van der Waals surface area (Å²) >= 11 is 0. The van der Waals surface area contributed by atoms with Crippen molar-refractivity contribution in [1.29, 1.82) is 0 Å². The molecule has 1 aromatic rings. The molecule has 190 valence electrons. The molecule has 11 heteroatoms. The standard InChI is InChI=1S/C24H28F3N3O5/c1-12(2)16-9-20(34-4)21(31)13(3)7-19(16)29-18-6-5-14(8-17(18)25)30-11-15(35-24(30)33)10-28-23(32)22(26)27/h5-6,8-9,12-13,15,22,29H,7,10-11H2,1-4H3,(H,28,32)/t13?,15-/m0/s1. The summed E-state index contributed by atoms with van der Waals surface area (Å²) < 4.78 is 50.1. The minimum absolute atomic E-state index is 0.0324. The van der Waals surface area contributed by atoms with Gasteiger partial charge in [0.2, 0.25) is 5.78 Å². The summed E-state index contributed by atoms with van der Waals surface area (Å²) in [5.74, 6) is -2.32. The van der Waals surface area contributed by atoms with E-state index in [4.69, 9.17) is 9.47 Å². The van der Waals surface area contributed by atoms with Crippen molar-refractivity contribution in [3.63, 3.8) is 0 Å². The minimum atomic E-state index is -3.17. The number of hydrogen-bond donors (Lipinski definition) is 2. The molecule has 1 saturated heterocycles. The lowest BCUT2D eigenvalue weighted by molar-refractivity contribution is -0.132. The van der Waals surface area contributed by atoms with Gasteiger partial charge in [-0.1, -0.05) is 20.8 Å². The van der Waals surface area contributed by atoms with Crippen LogP contribution < -0.4 is 15.5 Å². The lowest BCUT2D eigenvalue weighted by atomic mass is 9.97. The van der Waals surface area contributed by atoms with Crippen LogP contribution in [0.5, 0.6) is 0 Å². The summed E-state index contributed by atoms with van der Waals surface area (Å²) in [6.45, 7) is 5.37. The number of rotatable bonds is 8. The molecule has 2 N–H and O–H groups in total. The van der Waals surface area contributed by atoms with Gasteiger partial charge in [-0.25, -0.2) is 9.18 Å². The van der Waals surface area contributed by atoms with Crippen LogP contribution in [-0.4, -0.2) is 50.5 Å². The van der Waals surface area contributed by atoms with Gasteiger partial charge in [0, 0.05) is 11.6 Å². The molecule has 0 spiro atoms. The maximum absolute atomic E-state index is 15.1. The molecule has 8 nitrogen and oxygen atoms in total. The number of nitrogens with one attached hydrogen (secondary N) is 2. The van der Waals surface area contributed by atoms with Crippen molar-refractivity contribution >= 4 is 29.2 Å². The van der Waals surface area contributed by atoms with Gasteiger partial charge in [-0.3, -0.25) is 14.5 Å². The van der Waals surface area contributed by atoms with Crippen LogP contribution in [0.3, 0.4) is 0 Å². The van der Waals surface area contributed by atoms with Gasteiger partial charge in [-0.05, 0) is 42.2 Å². The second kappa shape index (κ2) is 10.8. The zero-order valence-electron chi connectivity index (χ0n) is 19.9. The molecule has 1 heterocycles. The van der Waals surface area contributed by atoms with Crippen LogP contribution >= 0.6 is 0 Å². The number of nitrogens with zero attached hydrogens (tertiary/aromatic N) is 1. The maximum Gasteiger partial charge on any atom is 0.414 e. The van der Waals surface area contributed by atoms with Crippen LogP contribution in [0.15, 0.2) is 41.3 Å². The average Bonchev–Trinajstić information content (AvgIpc) is 3.12. The Labute approximate surface area is 201 Å². The Morgan fingerprint density at radius 2 is 2.00 bits per heavy atom. The summed E-state index contributed by atoms with van der Waals surface area (Å²) in [5, 5.41) is 5.09. The van der Waals surface area contributed by atoms with Crippen molar-refractivity contribution in [2.24, 2.45) is 11.8 Å². The van der Waals surface area contributed by atoms with E-state index in [2.05, 4.69) is 5.32 Å². The molecule has 0 bridgehead atoms. The Bertz CT molecular complexity index is 1070. The fourth-order valence-corrected chi connectivity index (χ4v) is 3.92. The van der Waals surface area contributed by atoms with Gasteiger partial charge in [0.05, 0.1) is 31.6 Å². The third-order valence-corrected chi connectivity index (χ3v) is 5.80. The first-order valence-corrected chi connectivity index (χ1v) is 11.1. The monoisotopic (exact) mass is 495 g/mol. The molecule has 2 amide bonds. The third kappa shape index (κ3) is 5.95. The van der Waals surface area contributed by atoms with Crippen LogP contribution in [0.4, 0.5) is 29.3 Å². The molecule has 1 unspecified atom stereocenters. The van der Waals surface area contributed by atoms with E-state index < -0.39 is 30.3 Å². The number of benzene rings is 1. The van der Waals surface area contributed by atoms with E-state index in [1.807, 2.05) is 19.2 Å². The maximum atomic E-state index is 15.1. The largest absolute Gasteiger partial charge is 0.493 e. The SMILES string of the molecule is COC1=CC(C(C)C)=C(Nc2ccc(N3C[C@H](CNC(=O)C(F)F)OC3=O)cc2F)CC(C)C1=O. The number of Topliss-reactive ketones (excluding diaryl/α,β-unsaturated/α-hetero) is 1. The lowest BCUT2D eigenvalue weighted by Crippen LogP contribution is -2.37. The number of anilines is 2. The van der Waals surface area contributed by atoms with Crippen LogP contribution in [0.25, 0.3) is 0 Å². The van der Waals surface area contributed by atoms with E-state index in [9.17, 15) is 23.2 Å². The first-order chi connectivity index (χ1) is 16.5. The highest BCUT2D eigenvalue weighted by Crippen LogP contribution is 2.32. The number of carbonyl (C=O) groups excluding carboxylic acids is 3. The fraction of sp³-hybridized carbons (Fsp3) is 0.458. The molecule has 1 aromatic carbocycles. The minimum Gasteiger partial charge on any atom is -0.493 e. The Hall–Kier alpha value is -3.50. The lowest BCUT2D eigenvalue weighted by Gasteiger charge is -2.19. The van der Waals surface area contributed by atoms with E-state index >= 15 is 4.39 Å². The Morgan fingerprint density at radius 1 is 1.29 bits per heavy atom. The average molecular weight is 495 g/mol. The van der Waals surface area contributed by atoms with Crippen LogP contribution in [0.2, 0.25) is 0 Å². The molecule has 3 rings (SSSR count). The molecule has 1 fully saturated rings. The Balaban J connectivity index is 1.78. The zero-order valence-corrected chi connectivity index (χ0v) is 19.9. The summed E-state index contributed by atoms with van der Waals surface area (Å²) in [4.78, 5) is 36.9. The number of ketones is 1.